The van der Waals surface area contributed by atoms with Crippen LogP contribution in [0.15, 0.2) is 6.07 Å². The highest BCUT2D eigenvalue weighted by molar-refractivity contribution is 7.21. The molecule has 5 N–H and O–H groups in total. The molecule has 3 heterocycles. The number of carbonyl (C=O) groups is 2. The number of nitrogens with zero attached hydrogens (tertiary/aromatic N) is 2. The van der Waals surface area contributed by atoms with Crippen molar-refractivity contribution in [3.05, 3.63) is 16.5 Å². The number of carboxylic acid groups (broad SMARTS) is 1. The van der Waals surface area contributed by atoms with Crippen molar-refractivity contribution in [2.75, 3.05) is 23.7 Å². The van der Waals surface area contributed by atoms with E-state index < -0.39 is 5.97 Å². The summed E-state index contributed by atoms with van der Waals surface area (Å²) >= 11 is 1.10. The molecule has 0 bridgehead atoms. The average molecular weight is 362 g/mol. The highest BCUT2D eigenvalue weighted by Gasteiger charge is 2.26. The summed E-state index contributed by atoms with van der Waals surface area (Å²) in [5, 5.41) is 10.1. The molecule has 1 fully saturated rings. The van der Waals surface area contributed by atoms with Crippen molar-refractivity contribution in [2.24, 2.45) is 11.7 Å². The van der Waals surface area contributed by atoms with Crippen molar-refractivity contribution in [1.29, 1.82) is 0 Å². The summed E-state index contributed by atoms with van der Waals surface area (Å²) in [6.07, 6.45) is 3.38. The zero-order valence-corrected chi connectivity index (χ0v) is 14.9. The highest BCUT2D eigenvalue weighted by Crippen LogP contribution is 2.37. The van der Waals surface area contributed by atoms with Crippen LogP contribution in [0, 0.1) is 5.92 Å². The van der Waals surface area contributed by atoms with E-state index in [0.717, 1.165) is 60.3 Å². The van der Waals surface area contributed by atoms with Gasteiger partial charge < -0.3 is 21.5 Å². The van der Waals surface area contributed by atoms with E-state index in [1.807, 2.05) is 6.07 Å². The maximum absolute atomic E-state index is 11.5. The van der Waals surface area contributed by atoms with Gasteiger partial charge in [0, 0.05) is 18.5 Å². The Bertz CT molecular complexity index is 833. The fourth-order valence-corrected chi connectivity index (χ4v) is 4.36. The van der Waals surface area contributed by atoms with E-state index in [9.17, 15) is 14.7 Å². The van der Waals surface area contributed by atoms with Crippen LogP contribution < -0.4 is 16.4 Å². The van der Waals surface area contributed by atoms with Crippen molar-refractivity contribution < 1.29 is 14.7 Å². The van der Waals surface area contributed by atoms with Crippen LogP contribution in [-0.2, 0) is 11.2 Å². The number of anilines is 2. The standard InChI is InChI=1S/C17H22N4O3S/c1-2-4-9-7-11(21-6-3-5-10(8-21)15(19)22)20-16-12(9)13(18)14(25-16)17(23)24/h7,10H,2-6,8,18H2,1H3,(H2,19,22)(H,23,24). The number of fused-ring (bicyclic) bond motifs is 1. The summed E-state index contributed by atoms with van der Waals surface area (Å²) in [6.45, 7) is 3.42. The summed E-state index contributed by atoms with van der Waals surface area (Å²) in [5.74, 6) is -0.728. The molecule has 0 saturated carbocycles. The molecular weight excluding hydrogens is 340 g/mol. The number of nitrogens with two attached hydrogens (primary N) is 2. The fraction of sp³-hybridized carbons (Fsp3) is 0.471. The van der Waals surface area contributed by atoms with Crippen LogP contribution in [0.25, 0.3) is 10.2 Å². The number of thiophene rings is 1. The Morgan fingerprint density at radius 2 is 2.24 bits per heavy atom. The number of aromatic nitrogens is 1. The zero-order chi connectivity index (χ0) is 18.1. The lowest BCUT2D eigenvalue weighted by Crippen LogP contribution is -2.41. The number of hydrogen-bond acceptors (Lipinski definition) is 6. The van der Waals surface area contributed by atoms with Crippen LogP contribution in [0.1, 0.15) is 41.4 Å². The van der Waals surface area contributed by atoms with Gasteiger partial charge in [0.15, 0.2) is 0 Å². The smallest absolute Gasteiger partial charge is 0.348 e. The largest absolute Gasteiger partial charge is 0.477 e. The van der Waals surface area contributed by atoms with Crippen LogP contribution in [0.4, 0.5) is 11.5 Å². The highest BCUT2D eigenvalue weighted by atomic mass is 32.1. The van der Waals surface area contributed by atoms with Gasteiger partial charge >= 0.3 is 5.97 Å². The Kier molecular flexibility index (Phi) is 4.80. The first-order valence-electron chi connectivity index (χ1n) is 8.41. The molecule has 1 aliphatic heterocycles. The molecule has 25 heavy (non-hydrogen) atoms. The molecule has 134 valence electrons. The van der Waals surface area contributed by atoms with Gasteiger partial charge in [0.2, 0.25) is 5.91 Å². The number of nitrogen functional groups attached to an aromatic ring is 1. The van der Waals surface area contributed by atoms with Gasteiger partial charge in [-0.3, -0.25) is 4.79 Å². The van der Waals surface area contributed by atoms with Crippen molar-refractivity contribution >= 4 is 44.9 Å². The van der Waals surface area contributed by atoms with Gasteiger partial charge in [0.1, 0.15) is 15.5 Å². The van der Waals surface area contributed by atoms with Crippen molar-refractivity contribution in [1.82, 2.24) is 4.98 Å². The molecule has 1 atom stereocenters. The number of hydrogen-bond donors (Lipinski definition) is 3. The quantitative estimate of drug-likeness (QED) is 0.749. The second kappa shape index (κ2) is 6.87. The van der Waals surface area contributed by atoms with Gasteiger partial charge in [-0.2, -0.15) is 0 Å². The molecule has 1 unspecified atom stereocenters. The first kappa shape index (κ1) is 17.5. The number of aryl methyl sites for hydroxylation is 1. The van der Waals surface area contributed by atoms with Gasteiger partial charge in [0.05, 0.1) is 11.6 Å². The van der Waals surface area contributed by atoms with E-state index in [1.165, 1.54) is 0 Å². The number of carboxylic acids is 1. The number of rotatable bonds is 5. The van der Waals surface area contributed by atoms with Gasteiger partial charge in [-0.1, -0.05) is 13.3 Å². The molecule has 1 saturated heterocycles. The normalized spacial score (nSPS) is 17.8. The summed E-state index contributed by atoms with van der Waals surface area (Å²) in [6, 6.07) is 1.98. The Balaban J connectivity index is 2.07. The summed E-state index contributed by atoms with van der Waals surface area (Å²) in [7, 11) is 0. The lowest BCUT2D eigenvalue weighted by Gasteiger charge is -2.32. The van der Waals surface area contributed by atoms with E-state index >= 15 is 0 Å². The number of primary amides is 1. The SMILES string of the molecule is CCCc1cc(N2CCCC(C(N)=O)C2)nc2sc(C(=O)O)c(N)c12. The van der Waals surface area contributed by atoms with Crippen molar-refractivity contribution in [3.8, 4) is 0 Å². The minimum atomic E-state index is -1.03. The Labute approximate surface area is 149 Å². The van der Waals surface area contributed by atoms with Crippen LogP contribution in [-0.4, -0.2) is 35.1 Å². The molecule has 0 aliphatic carbocycles. The second-order valence-corrected chi connectivity index (χ2v) is 7.41. The minimum absolute atomic E-state index is 0.130. The van der Waals surface area contributed by atoms with Crippen LogP contribution in [0.5, 0.6) is 0 Å². The first-order chi connectivity index (χ1) is 11.9. The van der Waals surface area contributed by atoms with E-state index in [4.69, 9.17) is 11.5 Å². The third-order valence-electron chi connectivity index (χ3n) is 4.63. The molecule has 8 heteroatoms. The molecule has 0 aromatic carbocycles. The maximum atomic E-state index is 11.5. The van der Waals surface area contributed by atoms with E-state index in [1.54, 1.807) is 0 Å². The Hall–Kier alpha value is -2.35. The summed E-state index contributed by atoms with van der Waals surface area (Å²) in [5.41, 5.74) is 12.8. The predicted octanol–water partition coefficient (Wildman–Crippen LogP) is 2.23. The van der Waals surface area contributed by atoms with Gasteiger partial charge in [-0.15, -0.1) is 11.3 Å². The number of piperidine rings is 1. The molecule has 0 radical (unpaired) electrons. The van der Waals surface area contributed by atoms with Gasteiger partial charge in [0.25, 0.3) is 0 Å². The number of carbonyl (C=O) groups excluding carboxylic acids is 1. The van der Waals surface area contributed by atoms with Crippen LogP contribution >= 0.6 is 11.3 Å². The molecule has 3 rings (SSSR count). The zero-order valence-electron chi connectivity index (χ0n) is 14.1. The Morgan fingerprint density at radius 3 is 2.88 bits per heavy atom. The number of amides is 1. The van der Waals surface area contributed by atoms with E-state index in [-0.39, 0.29) is 16.7 Å². The lowest BCUT2D eigenvalue weighted by molar-refractivity contribution is -0.122. The van der Waals surface area contributed by atoms with E-state index in [2.05, 4.69) is 16.8 Å². The molecule has 2 aromatic rings. The molecular formula is C17H22N4O3S. The van der Waals surface area contributed by atoms with Gasteiger partial charge in [-0.05, 0) is 30.9 Å². The lowest BCUT2D eigenvalue weighted by atomic mass is 9.97. The second-order valence-electron chi connectivity index (χ2n) is 6.41. The summed E-state index contributed by atoms with van der Waals surface area (Å²) < 4.78 is 0. The molecule has 0 spiro atoms. The monoisotopic (exact) mass is 362 g/mol. The molecule has 1 amide bonds. The van der Waals surface area contributed by atoms with Gasteiger partial charge in [-0.25, -0.2) is 9.78 Å². The number of pyridine rings is 1. The van der Waals surface area contributed by atoms with Crippen molar-refractivity contribution in [2.45, 2.75) is 32.6 Å². The Morgan fingerprint density at radius 1 is 1.48 bits per heavy atom. The fourth-order valence-electron chi connectivity index (χ4n) is 3.39. The molecule has 1 aliphatic rings. The van der Waals surface area contributed by atoms with Crippen molar-refractivity contribution in [3.63, 3.8) is 0 Å². The minimum Gasteiger partial charge on any atom is -0.477 e. The third-order valence-corrected chi connectivity index (χ3v) is 5.72. The molecule has 2 aromatic heterocycles. The average Bonchev–Trinajstić information content (AvgIpc) is 2.92. The number of aromatic carboxylic acids is 1. The maximum Gasteiger partial charge on any atom is 0.348 e. The predicted molar refractivity (Wildman–Crippen MR) is 99.1 cm³/mol. The molecule has 7 nitrogen and oxygen atoms in total. The first-order valence-corrected chi connectivity index (χ1v) is 9.23. The van der Waals surface area contributed by atoms with E-state index in [0.29, 0.717) is 17.1 Å². The van der Waals surface area contributed by atoms with Crippen LogP contribution in [0.3, 0.4) is 0 Å². The third kappa shape index (κ3) is 3.26. The summed E-state index contributed by atoms with van der Waals surface area (Å²) in [4.78, 5) is 30.4. The topological polar surface area (TPSA) is 123 Å². The van der Waals surface area contributed by atoms with Crippen LogP contribution in [0.2, 0.25) is 0 Å².